The van der Waals surface area contributed by atoms with Crippen molar-refractivity contribution in [3.05, 3.63) is 54.1 Å². The quantitative estimate of drug-likeness (QED) is 0.789. The maximum atomic E-state index is 13.0. The van der Waals surface area contributed by atoms with Gasteiger partial charge in [0.15, 0.2) is 17.3 Å². The summed E-state index contributed by atoms with van der Waals surface area (Å²) >= 11 is 0. The topological polar surface area (TPSA) is 51.1 Å². The molecule has 0 unspecified atom stereocenters. The lowest BCUT2D eigenvalue weighted by Crippen LogP contribution is -2.37. The molecule has 2 aliphatic rings. The number of nitrogens with zero attached hydrogens (tertiary/aromatic N) is 2. The minimum absolute atomic E-state index is 0.0408. The SMILES string of the molecule is O=C(CN(C1=NCCCC1)c1ccccc1)c1ccc2c(c1)OCCO2. The second-order valence-corrected chi connectivity index (χ2v) is 6.46. The van der Waals surface area contributed by atoms with Gasteiger partial charge in [0.25, 0.3) is 0 Å². The second-order valence-electron chi connectivity index (χ2n) is 6.46. The number of aliphatic imine (C=N–C) groups is 1. The molecule has 134 valence electrons. The summed E-state index contributed by atoms with van der Waals surface area (Å²) in [6.07, 6.45) is 3.13. The van der Waals surface area contributed by atoms with Crippen LogP contribution in [0.15, 0.2) is 53.5 Å². The van der Waals surface area contributed by atoms with Crippen LogP contribution in [0.25, 0.3) is 0 Å². The predicted molar refractivity (Wildman–Crippen MR) is 102 cm³/mol. The number of ether oxygens (including phenoxy) is 2. The van der Waals surface area contributed by atoms with E-state index < -0.39 is 0 Å². The molecule has 0 saturated carbocycles. The van der Waals surface area contributed by atoms with E-state index in [-0.39, 0.29) is 12.3 Å². The van der Waals surface area contributed by atoms with Gasteiger partial charge in [-0.15, -0.1) is 0 Å². The number of amidine groups is 1. The van der Waals surface area contributed by atoms with Crippen molar-refractivity contribution >= 4 is 17.3 Å². The van der Waals surface area contributed by atoms with Gasteiger partial charge < -0.3 is 14.4 Å². The second kappa shape index (κ2) is 7.60. The molecule has 0 amide bonds. The highest BCUT2D eigenvalue weighted by Gasteiger charge is 2.21. The summed E-state index contributed by atoms with van der Waals surface area (Å²) in [5.41, 5.74) is 1.63. The van der Waals surface area contributed by atoms with Crippen molar-refractivity contribution in [2.45, 2.75) is 19.3 Å². The molecule has 0 fully saturated rings. The summed E-state index contributed by atoms with van der Waals surface area (Å²) in [7, 11) is 0. The smallest absolute Gasteiger partial charge is 0.182 e. The van der Waals surface area contributed by atoms with Crippen LogP contribution in [-0.4, -0.2) is 37.9 Å². The number of hydrogen-bond donors (Lipinski definition) is 0. The van der Waals surface area contributed by atoms with Crippen LogP contribution >= 0.6 is 0 Å². The van der Waals surface area contributed by atoms with Crippen molar-refractivity contribution < 1.29 is 14.3 Å². The lowest BCUT2D eigenvalue weighted by atomic mass is 10.1. The van der Waals surface area contributed by atoms with Crippen LogP contribution in [0, 0.1) is 0 Å². The van der Waals surface area contributed by atoms with Gasteiger partial charge in [-0.2, -0.15) is 0 Å². The molecule has 4 rings (SSSR count). The molecule has 0 atom stereocenters. The van der Waals surface area contributed by atoms with E-state index in [1.807, 2.05) is 47.4 Å². The van der Waals surface area contributed by atoms with E-state index in [0.29, 0.717) is 30.3 Å². The Hall–Kier alpha value is -2.82. The van der Waals surface area contributed by atoms with Gasteiger partial charge in [0.1, 0.15) is 19.0 Å². The third kappa shape index (κ3) is 3.57. The fourth-order valence-corrected chi connectivity index (χ4v) is 3.29. The van der Waals surface area contributed by atoms with Crippen molar-refractivity contribution in [1.29, 1.82) is 0 Å². The van der Waals surface area contributed by atoms with E-state index in [0.717, 1.165) is 37.3 Å². The Labute approximate surface area is 153 Å². The minimum atomic E-state index is 0.0408. The average Bonchev–Trinajstić information content (AvgIpc) is 2.72. The highest BCUT2D eigenvalue weighted by molar-refractivity contribution is 6.07. The summed E-state index contributed by atoms with van der Waals surface area (Å²) in [5, 5.41) is 0. The van der Waals surface area contributed by atoms with Crippen LogP contribution in [0.1, 0.15) is 29.6 Å². The number of para-hydroxylation sites is 1. The Morgan fingerprint density at radius 1 is 1.00 bits per heavy atom. The Bertz CT molecular complexity index is 817. The highest BCUT2D eigenvalue weighted by atomic mass is 16.6. The number of ketones is 1. The number of fused-ring (bicyclic) bond motifs is 1. The first-order valence-corrected chi connectivity index (χ1v) is 9.10. The molecule has 0 aliphatic carbocycles. The molecular formula is C21H22N2O3. The van der Waals surface area contributed by atoms with Gasteiger partial charge in [0.05, 0.1) is 6.54 Å². The maximum absolute atomic E-state index is 13.0. The zero-order valence-corrected chi connectivity index (χ0v) is 14.7. The summed E-state index contributed by atoms with van der Waals surface area (Å²) in [6, 6.07) is 15.4. The molecule has 0 aromatic heterocycles. The van der Waals surface area contributed by atoms with Gasteiger partial charge in [-0.3, -0.25) is 9.79 Å². The van der Waals surface area contributed by atoms with Crippen molar-refractivity contribution in [1.82, 2.24) is 0 Å². The summed E-state index contributed by atoms with van der Waals surface area (Å²) in [5.74, 6) is 2.38. The fourth-order valence-electron chi connectivity index (χ4n) is 3.29. The third-order valence-electron chi connectivity index (χ3n) is 4.65. The molecule has 5 heteroatoms. The van der Waals surface area contributed by atoms with Crippen LogP contribution < -0.4 is 14.4 Å². The molecular weight excluding hydrogens is 328 g/mol. The van der Waals surface area contributed by atoms with Gasteiger partial charge in [-0.1, -0.05) is 18.2 Å². The fraction of sp³-hybridized carbons (Fsp3) is 0.333. The van der Waals surface area contributed by atoms with Crippen LogP contribution in [0.5, 0.6) is 11.5 Å². The van der Waals surface area contributed by atoms with Crippen LogP contribution in [0.3, 0.4) is 0 Å². The number of benzene rings is 2. The first-order chi connectivity index (χ1) is 12.8. The van der Waals surface area contributed by atoms with E-state index in [9.17, 15) is 4.79 Å². The largest absolute Gasteiger partial charge is 0.486 e. The van der Waals surface area contributed by atoms with Crippen molar-refractivity contribution in [3.63, 3.8) is 0 Å². The first-order valence-electron chi connectivity index (χ1n) is 9.10. The molecule has 0 spiro atoms. The number of carbonyl (C=O) groups excluding carboxylic acids is 1. The molecule has 0 bridgehead atoms. The number of anilines is 1. The molecule has 0 saturated heterocycles. The number of Topliss-reactive ketones (excluding diaryl/α,β-unsaturated/α-hetero) is 1. The molecule has 5 nitrogen and oxygen atoms in total. The summed E-state index contributed by atoms with van der Waals surface area (Å²) in [4.78, 5) is 19.7. The average molecular weight is 350 g/mol. The van der Waals surface area contributed by atoms with E-state index in [1.54, 1.807) is 6.07 Å². The van der Waals surface area contributed by atoms with Crippen molar-refractivity contribution in [2.75, 3.05) is 31.2 Å². The summed E-state index contributed by atoms with van der Waals surface area (Å²) in [6.45, 7) is 2.15. The normalized spacial score (nSPS) is 15.9. The Morgan fingerprint density at radius 2 is 1.81 bits per heavy atom. The number of carbonyl (C=O) groups is 1. The van der Waals surface area contributed by atoms with Gasteiger partial charge in [-0.25, -0.2) is 0 Å². The van der Waals surface area contributed by atoms with E-state index in [2.05, 4.69) is 4.99 Å². The first kappa shape index (κ1) is 16.6. The van der Waals surface area contributed by atoms with Crippen LogP contribution in [0.2, 0.25) is 0 Å². The Kier molecular flexibility index (Phi) is 4.86. The Morgan fingerprint density at radius 3 is 2.58 bits per heavy atom. The number of rotatable bonds is 4. The predicted octanol–water partition coefficient (Wildman–Crippen LogP) is 3.73. The van der Waals surface area contributed by atoms with E-state index >= 15 is 0 Å². The summed E-state index contributed by atoms with van der Waals surface area (Å²) < 4.78 is 11.1. The standard InChI is InChI=1S/C21H22N2O3/c24-18(16-9-10-19-20(14-16)26-13-12-25-19)15-23(17-6-2-1-3-7-17)21-8-4-5-11-22-21/h1-3,6-7,9-10,14H,4-5,8,11-13,15H2. The van der Waals surface area contributed by atoms with E-state index in [4.69, 9.17) is 9.47 Å². The van der Waals surface area contributed by atoms with Crippen molar-refractivity contribution in [2.24, 2.45) is 4.99 Å². The van der Waals surface area contributed by atoms with Crippen molar-refractivity contribution in [3.8, 4) is 11.5 Å². The van der Waals surface area contributed by atoms with Crippen LogP contribution in [-0.2, 0) is 0 Å². The minimum Gasteiger partial charge on any atom is -0.486 e. The Balaban J connectivity index is 1.59. The monoisotopic (exact) mass is 350 g/mol. The molecule has 2 heterocycles. The molecule has 0 radical (unpaired) electrons. The molecule has 2 aromatic rings. The van der Waals surface area contributed by atoms with Gasteiger partial charge in [-0.05, 0) is 43.2 Å². The molecule has 2 aliphatic heterocycles. The van der Waals surface area contributed by atoms with Gasteiger partial charge >= 0.3 is 0 Å². The zero-order valence-electron chi connectivity index (χ0n) is 14.7. The molecule has 26 heavy (non-hydrogen) atoms. The maximum Gasteiger partial charge on any atom is 0.182 e. The highest BCUT2D eigenvalue weighted by Crippen LogP contribution is 2.31. The van der Waals surface area contributed by atoms with Crippen LogP contribution in [0.4, 0.5) is 5.69 Å². The van der Waals surface area contributed by atoms with Gasteiger partial charge in [0, 0.05) is 24.2 Å². The zero-order chi connectivity index (χ0) is 17.8. The molecule has 0 N–H and O–H groups in total. The van der Waals surface area contributed by atoms with Gasteiger partial charge in [0.2, 0.25) is 0 Å². The third-order valence-corrected chi connectivity index (χ3v) is 4.65. The lowest BCUT2D eigenvalue weighted by Gasteiger charge is -2.28. The molecule has 2 aromatic carbocycles. The van der Waals surface area contributed by atoms with E-state index in [1.165, 1.54) is 0 Å². The number of hydrogen-bond acceptors (Lipinski definition) is 5. The lowest BCUT2D eigenvalue weighted by molar-refractivity contribution is 0.100.